The fraction of sp³-hybridized carbons (Fsp3) is 1.00. The molecule has 0 aromatic rings. The first-order chi connectivity index (χ1) is 7.85. The molecule has 16 heavy (non-hydrogen) atoms. The van der Waals surface area contributed by atoms with Gasteiger partial charge in [-0.15, -0.1) is 0 Å². The Balaban J connectivity index is 1.83. The van der Waals surface area contributed by atoms with Gasteiger partial charge in [0.1, 0.15) is 0 Å². The Labute approximate surface area is 101 Å². The Hall–Kier alpha value is -0.0800. The number of likely N-dealkylation sites (N-methyl/N-ethyl adjacent to an activating group) is 1. The summed E-state index contributed by atoms with van der Waals surface area (Å²) in [6.07, 6.45) is 8.50. The molecule has 1 N–H and O–H groups in total. The average molecular weight is 224 g/mol. The smallest absolute Gasteiger partial charge is 0.0249 e. The second-order valence-electron chi connectivity index (χ2n) is 5.60. The molecule has 0 amide bonds. The molecule has 3 atom stereocenters. The molecule has 2 aliphatic rings. The van der Waals surface area contributed by atoms with Crippen LogP contribution in [0.4, 0.5) is 0 Å². The molecule has 2 fully saturated rings. The van der Waals surface area contributed by atoms with E-state index in [1.807, 2.05) is 0 Å². The summed E-state index contributed by atoms with van der Waals surface area (Å²) < 4.78 is 0. The Morgan fingerprint density at radius 1 is 1.19 bits per heavy atom. The summed E-state index contributed by atoms with van der Waals surface area (Å²) in [5, 5.41) is 3.68. The van der Waals surface area contributed by atoms with Gasteiger partial charge in [-0.05, 0) is 44.7 Å². The van der Waals surface area contributed by atoms with Crippen LogP contribution in [0.5, 0.6) is 0 Å². The normalized spacial score (nSPS) is 36.0. The third kappa shape index (κ3) is 2.78. The van der Waals surface area contributed by atoms with Gasteiger partial charge in [-0.25, -0.2) is 0 Å². The zero-order valence-corrected chi connectivity index (χ0v) is 11.0. The van der Waals surface area contributed by atoms with Gasteiger partial charge in [0.15, 0.2) is 0 Å². The van der Waals surface area contributed by atoms with E-state index in [-0.39, 0.29) is 0 Å². The number of nitrogens with zero attached hydrogens (tertiary/aromatic N) is 1. The Morgan fingerprint density at radius 3 is 2.81 bits per heavy atom. The van der Waals surface area contributed by atoms with Gasteiger partial charge in [0.25, 0.3) is 0 Å². The maximum atomic E-state index is 3.68. The molecule has 0 radical (unpaired) electrons. The fourth-order valence-electron chi connectivity index (χ4n) is 3.69. The zero-order valence-electron chi connectivity index (χ0n) is 11.0. The van der Waals surface area contributed by atoms with Crippen LogP contribution < -0.4 is 5.32 Å². The second kappa shape index (κ2) is 6.02. The Morgan fingerprint density at radius 2 is 2.06 bits per heavy atom. The van der Waals surface area contributed by atoms with Crippen molar-refractivity contribution in [1.82, 2.24) is 10.2 Å². The third-order valence-electron chi connectivity index (χ3n) is 4.43. The molecule has 3 unspecified atom stereocenters. The molecular formula is C14H28N2. The van der Waals surface area contributed by atoms with Gasteiger partial charge in [0.05, 0.1) is 0 Å². The summed E-state index contributed by atoms with van der Waals surface area (Å²) in [7, 11) is 0. The standard InChI is InChI=1S/C14H28N2/c1-3-6-12-9-10-16(11-12)14-8-5-7-13(14)15-4-2/h12-15H,3-11H2,1-2H3. The van der Waals surface area contributed by atoms with E-state index in [0.29, 0.717) is 0 Å². The van der Waals surface area contributed by atoms with Crippen molar-refractivity contribution in [2.24, 2.45) is 5.92 Å². The Kier molecular flexibility index (Phi) is 4.66. The van der Waals surface area contributed by atoms with E-state index < -0.39 is 0 Å². The van der Waals surface area contributed by atoms with E-state index >= 15 is 0 Å². The highest BCUT2D eigenvalue weighted by Gasteiger charge is 2.35. The predicted molar refractivity (Wildman–Crippen MR) is 69.7 cm³/mol. The summed E-state index contributed by atoms with van der Waals surface area (Å²) in [4.78, 5) is 2.78. The van der Waals surface area contributed by atoms with Crippen LogP contribution in [0, 0.1) is 5.92 Å². The number of hydrogen-bond donors (Lipinski definition) is 1. The lowest BCUT2D eigenvalue weighted by atomic mass is 10.0. The third-order valence-corrected chi connectivity index (χ3v) is 4.43. The van der Waals surface area contributed by atoms with Gasteiger partial charge in [0.2, 0.25) is 0 Å². The van der Waals surface area contributed by atoms with Crippen molar-refractivity contribution in [2.75, 3.05) is 19.6 Å². The van der Waals surface area contributed by atoms with E-state index in [2.05, 4.69) is 24.1 Å². The number of likely N-dealkylation sites (tertiary alicyclic amines) is 1. The van der Waals surface area contributed by atoms with Crippen molar-refractivity contribution in [3.05, 3.63) is 0 Å². The minimum absolute atomic E-state index is 0.783. The van der Waals surface area contributed by atoms with Gasteiger partial charge in [-0.2, -0.15) is 0 Å². The van der Waals surface area contributed by atoms with Crippen LogP contribution in [0.25, 0.3) is 0 Å². The van der Waals surface area contributed by atoms with Crippen LogP contribution in [0.3, 0.4) is 0 Å². The van der Waals surface area contributed by atoms with Crippen LogP contribution >= 0.6 is 0 Å². The number of rotatable bonds is 5. The Bertz CT molecular complexity index is 205. The number of nitrogens with one attached hydrogen (secondary N) is 1. The molecule has 1 saturated heterocycles. The molecule has 2 nitrogen and oxygen atoms in total. The summed E-state index contributed by atoms with van der Waals surface area (Å²) in [6, 6.07) is 1.63. The van der Waals surface area contributed by atoms with Gasteiger partial charge in [-0.1, -0.05) is 26.7 Å². The molecule has 2 heteroatoms. The molecule has 1 aliphatic heterocycles. The van der Waals surface area contributed by atoms with Crippen LogP contribution in [0.15, 0.2) is 0 Å². The average Bonchev–Trinajstić information content (AvgIpc) is 2.87. The largest absolute Gasteiger partial charge is 0.313 e. The van der Waals surface area contributed by atoms with Crippen LogP contribution in [-0.4, -0.2) is 36.6 Å². The molecule has 0 bridgehead atoms. The highest BCUT2D eigenvalue weighted by Crippen LogP contribution is 2.30. The molecule has 0 aromatic heterocycles. The first-order valence-corrected chi connectivity index (χ1v) is 7.32. The highest BCUT2D eigenvalue weighted by molar-refractivity contribution is 4.93. The molecule has 1 saturated carbocycles. The molecule has 2 rings (SSSR count). The summed E-state index contributed by atoms with van der Waals surface area (Å²) in [5.74, 6) is 0.993. The van der Waals surface area contributed by atoms with Crippen LogP contribution in [0.1, 0.15) is 52.4 Å². The molecule has 1 heterocycles. The van der Waals surface area contributed by atoms with Crippen molar-refractivity contribution in [3.8, 4) is 0 Å². The van der Waals surface area contributed by atoms with E-state index in [1.54, 1.807) is 0 Å². The van der Waals surface area contributed by atoms with Crippen molar-refractivity contribution in [3.63, 3.8) is 0 Å². The lowest BCUT2D eigenvalue weighted by Gasteiger charge is -2.30. The lowest BCUT2D eigenvalue weighted by Crippen LogP contribution is -2.45. The number of hydrogen-bond acceptors (Lipinski definition) is 2. The van der Waals surface area contributed by atoms with E-state index in [9.17, 15) is 0 Å². The van der Waals surface area contributed by atoms with Gasteiger partial charge in [0, 0.05) is 18.6 Å². The lowest BCUT2D eigenvalue weighted by molar-refractivity contribution is 0.204. The summed E-state index contributed by atoms with van der Waals surface area (Å²) >= 11 is 0. The first kappa shape index (κ1) is 12.4. The van der Waals surface area contributed by atoms with Crippen molar-refractivity contribution >= 4 is 0 Å². The summed E-state index contributed by atoms with van der Waals surface area (Å²) in [6.45, 7) is 8.42. The maximum Gasteiger partial charge on any atom is 0.0249 e. The van der Waals surface area contributed by atoms with Crippen LogP contribution in [0.2, 0.25) is 0 Å². The van der Waals surface area contributed by atoms with Crippen molar-refractivity contribution in [2.45, 2.75) is 64.5 Å². The predicted octanol–water partition coefficient (Wildman–Crippen LogP) is 2.64. The molecule has 0 aromatic carbocycles. The first-order valence-electron chi connectivity index (χ1n) is 7.32. The molecule has 94 valence electrons. The monoisotopic (exact) mass is 224 g/mol. The summed E-state index contributed by atoms with van der Waals surface area (Å²) in [5.41, 5.74) is 0. The van der Waals surface area contributed by atoms with Crippen molar-refractivity contribution < 1.29 is 0 Å². The zero-order chi connectivity index (χ0) is 11.4. The van der Waals surface area contributed by atoms with Crippen molar-refractivity contribution in [1.29, 1.82) is 0 Å². The van der Waals surface area contributed by atoms with E-state index in [4.69, 9.17) is 0 Å². The highest BCUT2D eigenvalue weighted by atomic mass is 15.2. The fourth-order valence-corrected chi connectivity index (χ4v) is 3.69. The van der Waals surface area contributed by atoms with Gasteiger partial charge in [-0.3, -0.25) is 4.90 Å². The topological polar surface area (TPSA) is 15.3 Å². The van der Waals surface area contributed by atoms with Crippen LogP contribution in [-0.2, 0) is 0 Å². The van der Waals surface area contributed by atoms with E-state index in [1.165, 1.54) is 51.6 Å². The second-order valence-corrected chi connectivity index (χ2v) is 5.60. The maximum absolute atomic E-state index is 3.68. The molecular weight excluding hydrogens is 196 g/mol. The molecule has 1 aliphatic carbocycles. The quantitative estimate of drug-likeness (QED) is 0.772. The SMILES string of the molecule is CCCC1CCN(C2CCCC2NCC)C1. The minimum atomic E-state index is 0.783. The van der Waals surface area contributed by atoms with Gasteiger partial charge < -0.3 is 5.32 Å². The van der Waals surface area contributed by atoms with E-state index in [0.717, 1.165) is 24.5 Å². The minimum Gasteiger partial charge on any atom is -0.313 e. The van der Waals surface area contributed by atoms with Gasteiger partial charge >= 0.3 is 0 Å². The molecule has 0 spiro atoms.